The number of hydrogen-bond donors (Lipinski definition) is 1. The second-order valence-electron chi connectivity index (χ2n) is 8.85. The lowest BCUT2D eigenvalue weighted by Gasteiger charge is -2.15. The van der Waals surface area contributed by atoms with E-state index in [0.29, 0.717) is 11.1 Å². The number of carboxylic acids is 1. The molecule has 0 aliphatic heterocycles. The number of unbranched alkanes of at least 4 members (excludes halogenated alkanes) is 5. The molecule has 1 unspecified atom stereocenters. The molecule has 0 aliphatic rings. The van der Waals surface area contributed by atoms with Crippen LogP contribution in [0.3, 0.4) is 0 Å². The van der Waals surface area contributed by atoms with Gasteiger partial charge in [-0.2, -0.15) is 0 Å². The summed E-state index contributed by atoms with van der Waals surface area (Å²) < 4.78 is 5.94. The molecule has 35 heavy (non-hydrogen) atoms. The molecular weight excluding hydrogens is 442 g/mol. The molecule has 0 aromatic heterocycles. The minimum atomic E-state index is -0.985. The number of aromatic carboxylic acids is 1. The molecule has 1 N–H and O–H groups in total. The fourth-order valence-corrected chi connectivity index (χ4v) is 4.19. The maximum atomic E-state index is 11.8. The van der Waals surface area contributed by atoms with Crippen molar-refractivity contribution in [1.82, 2.24) is 0 Å². The van der Waals surface area contributed by atoms with Gasteiger partial charge in [0.05, 0.1) is 16.6 Å². The molecular formula is C29H33NO5. The summed E-state index contributed by atoms with van der Waals surface area (Å²) in [5, 5.41) is 21.2. The van der Waals surface area contributed by atoms with Crippen molar-refractivity contribution in [3.05, 3.63) is 82.4 Å². The van der Waals surface area contributed by atoms with E-state index in [-0.39, 0.29) is 23.1 Å². The van der Waals surface area contributed by atoms with Crippen molar-refractivity contribution in [2.24, 2.45) is 0 Å². The van der Waals surface area contributed by atoms with Crippen LogP contribution in [0.5, 0.6) is 5.75 Å². The molecule has 1 atom stereocenters. The van der Waals surface area contributed by atoms with E-state index in [0.717, 1.165) is 30.4 Å². The predicted octanol–water partition coefficient (Wildman–Crippen LogP) is 8.14. The van der Waals surface area contributed by atoms with E-state index < -0.39 is 10.9 Å². The zero-order chi connectivity index (χ0) is 25.2. The van der Waals surface area contributed by atoms with Crippen molar-refractivity contribution in [2.45, 2.75) is 64.9 Å². The highest BCUT2D eigenvalue weighted by molar-refractivity contribution is 5.96. The first-order chi connectivity index (χ1) is 16.9. The van der Waals surface area contributed by atoms with Crippen molar-refractivity contribution in [2.75, 3.05) is 0 Å². The summed E-state index contributed by atoms with van der Waals surface area (Å²) in [4.78, 5) is 22.9. The van der Waals surface area contributed by atoms with Gasteiger partial charge in [0.2, 0.25) is 0 Å². The van der Waals surface area contributed by atoms with Crippen molar-refractivity contribution in [1.29, 1.82) is 0 Å². The Morgan fingerprint density at radius 1 is 0.914 bits per heavy atom. The molecule has 0 radical (unpaired) electrons. The van der Waals surface area contributed by atoms with Gasteiger partial charge in [-0.3, -0.25) is 10.1 Å². The van der Waals surface area contributed by atoms with Crippen molar-refractivity contribution in [3.8, 4) is 28.0 Å². The zero-order valence-electron chi connectivity index (χ0n) is 20.4. The summed E-state index contributed by atoms with van der Waals surface area (Å²) in [6, 6.07) is 19.2. The Kier molecular flexibility index (Phi) is 9.41. The third-order valence-corrected chi connectivity index (χ3v) is 6.13. The molecule has 0 spiro atoms. The number of carbonyl (C=O) groups is 1. The normalized spacial score (nSPS) is 11.7. The number of carboxylic acid groups (broad SMARTS) is 1. The van der Waals surface area contributed by atoms with Gasteiger partial charge in [0, 0.05) is 6.07 Å². The van der Waals surface area contributed by atoms with Crippen LogP contribution in [0.4, 0.5) is 5.69 Å². The van der Waals surface area contributed by atoms with Gasteiger partial charge in [0.25, 0.3) is 0 Å². The molecule has 0 heterocycles. The fourth-order valence-electron chi connectivity index (χ4n) is 4.19. The van der Waals surface area contributed by atoms with Gasteiger partial charge in [0.15, 0.2) is 5.75 Å². The average Bonchev–Trinajstić information content (AvgIpc) is 2.86. The number of nitro benzene ring substituents is 1. The van der Waals surface area contributed by atoms with Crippen molar-refractivity contribution < 1.29 is 19.6 Å². The number of rotatable bonds is 13. The smallest absolute Gasteiger partial charge is 0.336 e. The van der Waals surface area contributed by atoms with Crippen LogP contribution in [0.2, 0.25) is 0 Å². The van der Waals surface area contributed by atoms with E-state index in [4.69, 9.17) is 4.74 Å². The second kappa shape index (κ2) is 12.7. The van der Waals surface area contributed by atoms with Gasteiger partial charge in [-0.15, -0.1) is 0 Å². The maximum absolute atomic E-state index is 11.8. The van der Waals surface area contributed by atoms with Gasteiger partial charge < -0.3 is 9.84 Å². The molecule has 6 nitrogen and oxygen atoms in total. The van der Waals surface area contributed by atoms with Crippen LogP contribution in [0.1, 0.15) is 69.2 Å². The van der Waals surface area contributed by atoms with Gasteiger partial charge in [-0.25, -0.2) is 4.79 Å². The minimum Gasteiger partial charge on any atom is -0.484 e. The van der Waals surface area contributed by atoms with Crippen LogP contribution in [0.15, 0.2) is 66.7 Å². The number of nitro groups is 1. The van der Waals surface area contributed by atoms with Gasteiger partial charge in [-0.05, 0) is 54.2 Å². The molecule has 3 aromatic rings. The number of nitrogens with zero attached hydrogens (tertiary/aromatic N) is 1. The predicted molar refractivity (Wildman–Crippen MR) is 139 cm³/mol. The van der Waals surface area contributed by atoms with E-state index in [9.17, 15) is 20.0 Å². The van der Waals surface area contributed by atoms with Crippen molar-refractivity contribution >= 4 is 11.7 Å². The number of hydrogen-bond acceptors (Lipinski definition) is 4. The summed E-state index contributed by atoms with van der Waals surface area (Å²) in [5.74, 6) is -0.703. The third-order valence-electron chi connectivity index (χ3n) is 6.13. The molecule has 184 valence electrons. The molecule has 0 fully saturated rings. The van der Waals surface area contributed by atoms with E-state index in [1.54, 1.807) is 30.3 Å². The lowest BCUT2D eigenvalue weighted by atomic mass is 9.97. The molecule has 0 aliphatic carbocycles. The first-order valence-electron chi connectivity index (χ1n) is 12.3. The lowest BCUT2D eigenvalue weighted by Crippen LogP contribution is -2.12. The Bertz CT molecular complexity index is 1140. The fraction of sp³-hybridized carbons (Fsp3) is 0.345. The number of ether oxygens (including phenoxy) is 1. The Morgan fingerprint density at radius 2 is 1.54 bits per heavy atom. The van der Waals surface area contributed by atoms with Gasteiger partial charge >= 0.3 is 11.7 Å². The highest BCUT2D eigenvalue weighted by Gasteiger charge is 2.19. The second-order valence-corrected chi connectivity index (χ2v) is 8.85. The highest BCUT2D eigenvalue weighted by atomic mass is 16.6. The third kappa shape index (κ3) is 7.15. The van der Waals surface area contributed by atoms with Crippen molar-refractivity contribution in [3.63, 3.8) is 0 Å². The van der Waals surface area contributed by atoms with Gasteiger partial charge in [-0.1, -0.05) is 87.6 Å². The van der Waals surface area contributed by atoms with Crippen LogP contribution in [0, 0.1) is 10.1 Å². The Hall–Kier alpha value is -3.67. The summed E-state index contributed by atoms with van der Waals surface area (Å²) >= 11 is 0. The topological polar surface area (TPSA) is 89.7 Å². The molecule has 3 aromatic carbocycles. The summed E-state index contributed by atoms with van der Waals surface area (Å²) in [5.41, 5.74) is 3.07. The molecule has 6 heteroatoms. The van der Waals surface area contributed by atoms with Crippen LogP contribution in [-0.2, 0) is 0 Å². The van der Waals surface area contributed by atoms with Crippen LogP contribution >= 0.6 is 0 Å². The lowest BCUT2D eigenvalue weighted by molar-refractivity contribution is -0.386. The summed E-state index contributed by atoms with van der Waals surface area (Å²) in [6.45, 7) is 4.15. The first-order valence-corrected chi connectivity index (χ1v) is 12.3. The van der Waals surface area contributed by atoms with Crippen LogP contribution in [0.25, 0.3) is 22.3 Å². The van der Waals surface area contributed by atoms with E-state index in [1.165, 1.54) is 31.7 Å². The molecule has 0 bridgehead atoms. The zero-order valence-corrected chi connectivity index (χ0v) is 20.4. The van der Waals surface area contributed by atoms with E-state index >= 15 is 0 Å². The first kappa shape index (κ1) is 25.9. The monoisotopic (exact) mass is 475 g/mol. The van der Waals surface area contributed by atoms with Crippen LogP contribution < -0.4 is 4.74 Å². The number of benzene rings is 3. The summed E-state index contributed by atoms with van der Waals surface area (Å²) in [6.07, 6.45) is 7.94. The Labute approximate surface area is 206 Å². The highest BCUT2D eigenvalue weighted by Crippen LogP contribution is 2.34. The summed E-state index contributed by atoms with van der Waals surface area (Å²) in [7, 11) is 0. The standard InChI is InChI=1S/C29H33NO5/c1-3-4-5-6-7-8-11-21(2)35-28-19-18-24(20-27(28)30(33)34)22-14-16-23(17-15-22)25-12-9-10-13-26(25)29(31)32/h9-10,12-21H,3-8,11H2,1-2H3,(H,31,32). The van der Waals surface area contributed by atoms with Crippen LogP contribution in [-0.4, -0.2) is 22.1 Å². The molecule has 0 saturated carbocycles. The largest absolute Gasteiger partial charge is 0.484 e. The quantitative estimate of drug-likeness (QED) is 0.153. The Morgan fingerprint density at radius 3 is 2.23 bits per heavy atom. The minimum absolute atomic E-state index is 0.0578. The Balaban J connectivity index is 1.72. The van der Waals surface area contributed by atoms with Gasteiger partial charge in [0.1, 0.15) is 0 Å². The maximum Gasteiger partial charge on any atom is 0.336 e. The van der Waals surface area contributed by atoms with E-state index in [1.807, 2.05) is 37.3 Å². The van der Waals surface area contributed by atoms with E-state index in [2.05, 4.69) is 6.92 Å². The molecule has 0 saturated heterocycles. The molecule has 0 amide bonds. The average molecular weight is 476 g/mol. The molecule has 3 rings (SSSR count). The SMILES string of the molecule is CCCCCCCCC(C)Oc1ccc(-c2ccc(-c3ccccc3C(=O)O)cc2)cc1[N+](=O)[O-].